The van der Waals surface area contributed by atoms with Crippen molar-refractivity contribution in [2.24, 2.45) is 11.8 Å². The van der Waals surface area contributed by atoms with Crippen molar-refractivity contribution in [3.05, 3.63) is 29.3 Å². The number of carbonyl (C=O) groups is 2. The Balaban J connectivity index is 1.89. The summed E-state index contributed by atoms with van der Waals surface area (Å²) >= 11 is 0. The predicted octanol–water partition coefficient (Wildman–Crippen LogP) is 3.50. The fraction of sp³-hybridized carbons (Fsp3) is 0.636. The van der Waals surface area contributed by atoms with Gasteiger partial charge in [-0.1, -0.05) is 44.9 Å². The van der Waals surface area contributed by atoms with Gasteiger partial charge in [-0.3, -0.25) is 14.5 Å². The lowest BCUT2D eigenvalue weighted by Crippen LogP contribution is -2.51. The van der Waals surface area contributed by atoms with Gasteiger partial charge in [0, 0.05) is 11.7 Å². The van der Waals surface area contributed by atoms with Crippen LogP contribution in [0.3, 0.4) is 0 Å². The van der Waals surface area contributed by atoms with Gasteiger partial charge in [0.05, 0.1) is 12.6 Å². The molecule has 0 spiro atoms. The van der Waals surface area contributed by atoms with Crippen LogP contribution in [0, 0.1) is 25.7 Å². The van der Waals surface area contributed by atoms with Gasteiger partial charge in [-0.15, -0.1) is 0 Å². The minimum atomic E-state index is -0.349. The molecular formula is C22H35N3O2. The van der Waals surface area contributed by atoms with E-state index in [4.69, 9.17) is 0 Å². The summed E-state index contributed by atoms with van der Waals surface area (Å²) in [5.41, 5.74) is 2.94. The monoisotopic (exact) mass is 373 g/mol. The first kappa shape index (κ1) is 21.4. The lowest BCUT2D eigenvalue weighted by atomic mass is 9.78. The highest BCUT2D eigenvalue weighted by Crippen LogP contribution is 2.29. The van der Waals surface area contributed by atoms with Gasteiger partial charge in [0.1, 0.15) is 0 Å². The zero-order valence-electron chi connectivity index (χ0n) is 17.6. The number of nitrogens with zero attached hydrogens (tertiary/aromatic N) is 1. The second-order valence-electron chi connectivity index (χ2n) is 8.29. The molecule has 2 N–H and O–H groups in total. The molecule has 1 fully saturated rings. The number of hydrogen-bond acceptors (Lipinski definition) is 3. The Morgan fingerprint density at radius 3 is 2.44 bits per heavy atom. The summed E-state index contributed by atoms with van der Waals surface area (Å²) in [6, 6.07) is 5.83. The van der Waals surface area contributed by atoms with Gasteiger partial charge < -0.3 is 10.6 Å². The van der Waals surface area contributed by atoms with Crippen LogP contribution in [0.2, 0.25) is 0 Å². The first-order valence-electron chi connectivity index (χ1n) is 10.1. The minimum absolute atomic E-state index is 0.00308. The van der Waals surface area contributed by atoms with E-state index in [2.05, 4.69) is 24.5 Å². The lowest BCUT2D eigenvalue weighted by molar-refractivity contribution is -0.127. The van der Waals surface area contributed by atoms with Crippen LogP contribution in [-0.4, -0.2) is 42.4 Å². The molecule has 4 atom stereocenters. The average molecular weight is 374 g/mol. The maximum atomic E-state index is 12.7. The van der Waals surface area contributed by atoms with Crippen molar-refractivity contribution < 1.29 is 9.59 Å². The molecule has 5 heteroatoms. The minimum Gasteiger partial charge on any atom is -0.352 e. The van der Waals surface area contributed by atoms with E-state index in [0.29, 0.717) is 11.8 Å². The van der Waals surface area contributed by atoms with Crippen molar-refractivity contribution >= 4 is 17.5 Å². The van der Waals surface area contributed by atoms with Gasteiger partial charge in [-0.2, -0.15) is 0 Å². The van der Waals surface area contributed by atoms with E-state index in [0.717, 1.165) is 23.2 Å². The normalized spacial score (nSPS) is 23.7. The Kier molecular flexibility index (Phi) is 7.42. The number of para-hydroxylation sites is 1. The quantitative estimate of drug-likeness (QED) is 0.802. The van der Waals surface area contributed by atoms with Crippen molar-refractivity contribution in [1.29, 1.82) is 0 Å². The Morgan fingerprint density at radius 2 is 1.81 bits per heavy atom. The third-order valence-electron chi connectivity index (χ3n) is 6.21. The number of likely N-dealkylation sites (N-methyl/N-ethyl adjacent to an activating group) is 1. The summed E-state index contributed by atoms with van der Waals surface area (Å²) in [7, 11) is 1.82. The van der Waals surface area contributed by atoms with Crippen molar-refractivity contribution in [2.75, 3.05) is 18.9 Å². The molecule has 0 unspecified atom stereocenters. The zero-order valence-corrected chi connectivity index (χ0v) is 17.6. The van der Waals surface area contributed by atoms with Gasteiger partial charge in [0.15, 0.2) is 0 Å². The van der Waals surface area contributed by atoms with E-state index >= 15 is 0 Å². The number of amides is 2. The summed E-state index contributed by atoms with van der Waals surface area (Å²) in [5.74, 6) is 1.03. The molecule has 0 aliphatic heterocycles. The molecule has 1 aliphatic rings. The topological polar surface area (TPSA) is 61.4 Å². The largest absolute Gasteiger partial charge is 0.352 e. The number of anilines is 1. The van der Waals surface area contributed by atoms with Gasteiger partial charge in [-0.25, -0.2) is 0 Å². The molecule has 2 rings (SSSR count). The molecular weight excluding hydrogens is 338 g/mol. The standard InChI is InChI=1S/C22H35N3O2/c1-14-9-8-12-19(17(14)4)23-22(27)18(5)25(6)13-20(26)24-21-15(2)10-7-11-16(21)3/h7,10-11,14,17-19H,8-9,12-13H2,1-6H3,(H,23,27)(H,24,26)/t14-,17-,18+,19+/m0/s1. The highest BCUT2D eigenvalue weighted by Gasteiger charge is 2.30. The molecule has 0 radical (unpaired) electrons. The van der Waals surface area contributed by atoms with Crippen LogP contribution >= 0.6 is 0 Å². The maximum Gasteiger partial charge on any atom is 0.238 e. The van der Waals surface area contributed by atoms with Crippen LogP contribution in [0.5, 0.6) is 0 Å². The Labute approximate surface area is 163 Å². The fourth-order valence-corrected chi connectivity index (χ4v) is 3.84. The molecule has 0 aromatic heterocycles. The van der Waals surface area contributed by atoms with E-state index in [1.54, 1.807) is 4.90 Å². The SMILES string of the molecule is Cc1cccc(C)c1NC(=O)CN(C)[C@H](C)C(=O)N[C@@H]1CCC[C@H](C)[C@@H]1C. The third-order valence-corrected chi connectivity index (χ3v) is 6.21. The van der Waals surface area contributed by atoms with Crippen molar-refractivity contribution in [1.82, 2.24) is 10.2 Å². The fourth-order valence-electron chi connectivity index (χ4n) is 3.84. The first-order chi connectivity index (χ1) is 12.7. The van der Waals surface area contributed by atoms with E-state index in [9.17, 15) is 9.59 Å². The van der Waals surface area contributed by atoms with Crippen LogP contribution in [-0.2, 0) is 9.59 Å². The molecule has 1 aliphatic carbocycles. The van der Waals surface area contributed by atoms with Crippen LogP contribution in [0.4, 0.5) is 5.69 Å². The Morgan fingerprint density at radius 1 is 1.19 bits per heavy atom. The average Bonchev–Trinajstić information content (AvgIpc) is 2.61. The lowest BCUT2D eigenvalue weighted by Gasteiger charge is -2.36. The van der Waals surface area contributed by atoms with Crippen molar-refractivity contribution in [3.8, 4) is 0 Å². The molecule has 0 saturated heterocycles. The van der Waals surface area contributed by atoms with Crippen LogP contribution in [0.1, 0.15) is 51.2 Å². The predicted molar refractivity (Wildman–Crippen MR) is 111 cm³/mol. The highest BCUT2D eigenvalue weighted by atomic mass is 16.2. The van der Waals surface area contributed by atoms with Gasteiger partial charge in [0.25, 0.3) is 0 Å². The first-order valence-corrected chi connectivity index (χ1v) is 10.1. The number of carbonyl (C=O) groups excluding carboxylic acids is 2. The van der Waals surface area contributed by atoms with Gasteiger partial charge in [-0.05, 0) is 57.2 Å². The molecule has 1 aromatic carbocycles. The van der Waals surface area contributed by atoms with E-state index in [1.165, 1.54) is 12.8 Å². The summed E-state index contributed by atoms with van der Waals surface area (Å²) < 4.78 is 0. The van der Waals surface area contributed by atoms with Gasteiger partial charge >= 0.3 is 0 Å². The molecule has 5 nitrogen and oxygen atoms in total. The maximum absolute atomic E-state index is 12.7. The second kappa shape index (κ2) is 9.36. The molecule has 1 saturated carbocycles. The number of rotatable bonds is 6. The molecule has 27 heavy (non-hydrogen) atoms. The second-order valence-corrected chi connectivity index (χ2v) is 8.29. The summed E-state index contributed by atoms with van der Waals surface area (Å²) in [6.45, 7) is 10.5. The smallest absolute Gasteiger partial charge is 0.238 e. The third kappa shape index (κ3) is 5.55. The number of benzene rings is 1. The molecule has 1 aromatic rings. The van der Waals surface area contributed by atoms with Crippen LogP contribution in [0.25, 0.3) is 0 Å². The van der Waals surface area contributed by atoms with E-state index in [1.807, 2.05) is 46.0 Å². The number of aryl methyl sites for hydroxylation is 2. The molecule has 0 heterocycles. The highest BCUT2D eigenvalue weighted by molar-refractivity contribution is 5.94. The molecule has 0 bridgehead atoms. The molecule has 150 valence electrons. The van der Waals surface area contributed by atoms with E-state index in [-0.39, 0.29) is 30.4 Å². The number of nitrogens with one attached hydrogen (secondary N) is 2. The Hall–Kier alpha value is -1.88. The summed E-state index contributed by atoms with van der Waals surface area (Å²) in [6.07, 6.45) is 3.45. The van der Waals surface area contributed by atoms with Gasteiger partial charge in [0.2, 0.25) is 11.8 Å². The number of hydrogen-bond donors (Lipinski definition) is 2. The summed E-state index contributed by atoms with van der Waals surface area (Å²) in [4.78, 5) is 26.9. The van der Waals surface area contributed by atoms with E-state index < -0.39 is 0 Å². The van der Waals surface area contributed by atoms with Crippen LogP contribution in [0.15, 0.2) is 18.2 Å². The summed E-state index contributed by atoms with van der Waals surface area (Å²) in [5, 5.41) is 6.19. The zero-order chi connectivity index (χ0) is 20.1. The Bertz CT molecular complexity index is 653. The molecule has 2 amide bonds. The van der Waals surface area contributed by atoms with Crippen molar-refractivity contribution in [3.63, 3.8) is 0 Å². The van der Waals surface area contributed by atoms with Crippen LogP contribution < -0.4 is 10.6 Å². The van der Waals surface area contributed by atoms with Crippen molar-refractivity contribution in [2.45, 2.75) is 66.0 Å².